The quantitative estimate of drug-likeness (QED) is 0.225. The van der Waals surface area contributed by atoms with Gasteiger partial charge in [0.25, 0.3) is 5.91 Å². The van der Waals surface area contributed by atoms with Gasteiger partial charge in [-0.3, -0.25) is 19.5 Å². The number of methoxy groups -OCH3 is 1. The molecule has 0 bridgehead atoms. The maximum Gasteiger partial charge on any atom is 0.308 e. The van der Waals surface area contributed by atoms with Crippen LogP contribution in [0.1, 0.15) is 87.6 Å². The number of H-pyrrole nitrogens is 1. The summed E-state index contributed by atoms with van der Waals surface area (Å²) in [6.45, 7) is 12.5. The molecule has 2 aromatic rings. The third-order valence-electron chi connectivity index (χ3n) is 7.39. The molecule has 12 heteroatoms. The van der Waals surface area contributed by atoms with Crippen LogP contribution in [0.25, 0.3) is 12.2 Å². The number of carbonyl (C=O) groups excluding carboxylic acids is 3. The predicted octanol–water partition coefficient (Wildman–Crippen LogP) is 7.02. The molecule has 45 heavy (non-hydrogen) atoms. The van der Waals surface area contributed by atoms with Crippen LogP contribution in [0, 0.1) is 11.7 Å². The van der Waals surface area contributed by atoms with E-state index in [1.165, 1.54) is 31.1 Å². The van der Waals surface area contributed by atoms with E-state index in [0.29, 0.717) is 36.9 Å². The van der Waals surface area contributed by atoms with Crippen LogP contribution >= 0.6 is 11.6 Å². The van der Waals surface area contributed by atoms with Gasteiger partial charge in [-0.25, -0.2) is 8.78 Å². The van der Waals surface area contributed by atoms with Gasteiger partial charge < -0.3 is 19.7 Å². The average Bonchev–Trinajstić information content (AvgIpc) is 3.44. The van der Waals surface area contributed by atoms with E-state index in [4.69, 9.17) is 21.1 Å². The number of nitrogens with one attached hydrogen (secondary N) is 2. The molecule has 248 valence electrons. The van der Waals surface area contributed by atoms with Crippen molar-refractivity contribution in [3.63, 3.8) is 0 Å². The minimum Gasteiger partial charge on any atom is -0.469 e. The second-order valence-electron chi connectivity index (χ2n) is 10.7. The molecule has 2 amide bonds. The van der Waals surface area contributed by atoms with E-state index in [2.05, 4.69) is 22.1 Å². The van der Waals surface area contributed by atoms with Gasteiger partial charge in [-0.05, 0) is 70.2 Å². The predicted molar refractivity (Wildman–Crippen MR) is 173 cm³/mol. The van der Waals surface area contributed by atoms with Crippen LogP contribution in [0.2, 0.25) is 5.02 Å². The van der Waals surface area contributed by atoms with Gasteiger partial charge in [0.1, 0.15) is 12.0 Å². The number of anilines is 1. The van der Waals surface area contributed by atoms with Gasteiger partial charge in [0.05, 0.1) is 61.1 Å². The molecule has 3 rings (SSSR count). The van der Waals surface area contributed by atoms with Crippen molar-refractivity contribution in [3.8, 4) is 0 Å². The first-order valence-electron chi connectivity index (χ1n) is 15.2. The number of hydrogen-bond acceptors (Lipinski definition) is 6. The summed E-state index contributed by atoms with van der Waals surface area (Å²) in [6.07, 6.45) is 5.86. The highest BCUT2D eigenvalue weighted by atomic mass is 35.5. The van der Waals surface area contributed by atoms with Crippen molar-refractivity contribution in [2.45, 2.75) is 85.0 Å². The number of aromatic nitrogens is 2. The van der Waals surface area contributed by atoms with Crippen LogP contribution in [-0.4, -0.2) is 71.5 Å². The Morgan fingerprint density at radius 2 is 1.89 bits per heavy atom. The Kier molecular flexibility index (Phi) is 15.4. The lowest BCUT2D eigenvalue weighted by molar-refractivity contribution is -0.148. The van der Waals surface area contributed by atoms with Crippen LogP contribution < -0.4 is 5.32 Å². The Balaban J connectivity index is 0.00000345. The zero-order valence-corrected chi connectivity index (χ0v) is 27.7. The Labute approximate surface area is 269 Å². The largest absolute Gasteiger partial charge is 0.469 e. The summed E-state index contributed by atoms with van der Waals surface area (Å²) in [6, 6.07) is 1.83. The van der Waals surface area contributed by atoms with Crippen molar-refractivity contribution >= 4 is 47.2 Å². The topological polar surface area (TPSA) is 114 Å². The summed E-state index contributed by atoms with van der Waals surface area (Å²) in [4.78, 5) is 39.3. The molecule has 1 saturated carbocycles. The van der Waals surface area contributed by atoms with E-state index >= 15 is 4.39 Å². The number of carbonyl (C=O) groups is 3. The van der Waals surface area contributed by atoms with E-state index in [9.17, 15) is 18.8 Å². The number of hydrogen-bond donors (Lipinski definition) is 2. The van der Waals surface area contributed by atoms with Crippen molar-refractivity contribution in [2.75, 3.05) is 25.6 Å². The number of benzene rings is 1. The molecule has 0 radical (unpaired) electrons. The number of esters is 1. The number of rotatable bonds is 13. The van der Waals surface area contributed by atoms with Crippen LogP contribution in [-0.2, 0) is 25.5 Å². The molecular formula is C33H45ClF2N4O5. The lowest BCUT2D eigenvalue weighted by atomic mass is 9.87. The number of ether oxygens (including phenoxy) is 2. The number of allylic oxidation sites excluding steroid dienone is 1. The molecule has 9 nitrogen and oxygen atoms in total. The third-order valence-corrected chi connectivity index (χ3v) is 7.71. The second-order valence-corrected chi connectivity index (χ2v) is 11.1. The van der Waals surface area contributed by atoms with E-state index in [1.807, 2.05) is 13.8 Å². The summed E-state index contributed by atoms with van der Waals surface area (Å²) in [5, 5.41) is 9.33. The molecule has 0 saturated heterocycles. The van der Waals surface area contributed by atoms with Crippen molar-refractivity contribution in [2.24, 2.45) is 5.92 Å². The first kappa shape index (κ1) is 37.6. The van der Waals surface area contributed by atoms with E-state index in [0.717, 1.165) is 6.07 Å². The molecule has 1 aliphatic rings. The van der Waals surface area contributed by atoms with Crippen LogP contribution in [0.3, 0.4) is 0 Å². The van der Waals surface area contributed by atoms with Crippen molar-refractivity contribution in [3.05, 3.63) is 58.1 Å². The Hall–Kier alpha value is -3.57. The van der Waals surface area contributed by atoms with E-state index < -0.39 is 29.8 Å². The van der Waals surface area contributed by atoms with Gasteiger partial charge in [0.2, 0.25) is 5.91 Å². The monoisotopic (exact) mass is 650 g/mol. The van der Waals surface area contributed by atoms with Gasteiger partial charge in [0.15, 0.2) is 5.69 Å². The smallest absolute Gasteiger partial charge is 0.308 e. The SMILES string of the molecule is C=Cc1[nH]nc(C(=O)Nc2cc(F)c(CC(=O)N(CC(C)F)C(C)COC3CCC(C(=O)OC)CC3)cc2Cl)c1/C=C\C.CC. The van der Waals surface area contributed by atoms with Crippen LogP contribution in [0.5, 0.6) is 0 Å². The number of amides is 2. The Bertz CT molecular complexity index is 1340. The highest BCUT2D eigenvalue weighted by Crippen LogP contribution is 2.29. The highest BCUT2D eigenvalue weighted by molar-refractivity contribution is 6.34. The lowest BCUT2D eigenvalue weighted by Crippen LogP contribution is -2.45. The van der Waals surface area contributed by atoms with Crippen LogP contribution in [0.4, 0.5) is 14.5 Å². The molecule has 1 aromatic carbocycles. The van der Waals surface area contributed by atoms with Gasteiger partial charge >= 0.3 is 5.97 Å². The number of aromatic amines is 1. The average molecular weight is 651 g/mol. The zero-order valence-electron chi connectivity index (χ0n) is 26.9. The molecule has 2 atom stereocenters. The lowest BCUT2D eigenvalue weighted by Gasteiger charge is -2.33. The number of nitrogens with zero attached hydrogens (tertiary/aromatic N) is 2. The first-order chi connectivity index (χ1) is 21.5. The first-order valence-corrected chi connectivity index (χ1v) is 15.6. The maximum atomic E-state index is 15.2. The molecule has 1 heterocycles. The Morgan fingerprint density at radius 3 is 2.47 bits per heavy atom. The van der Waals surface area contributed by atoms with Crippen molar-refractivity contribution in [1.29, 1.82) is 0 Å². The molecule has 1 aliphatic carbocycles. The molecule has 1 fully saturated rings. The Morgan fingerprint density at radius 1 is 1.22 bits per heavy atom. The minimum absolute atomic E-state index is 0.00193. The van der Waals surface area contributed by atoms with Gasteiger partial charge in [-0.2, -0.15) is 5.10 Å². The van der Waals surface area contributed by atoms with E-state index in [1.54, 1.807) is 26.0 Å². The fourth-order valence-corrected chi connectivity index (χ4v) is 5.32. The number of halogens is 3. The summed E-state index contributed by atoms with van der Waals surface area (Å²) in [7, 11) is 1.37. The molecule has 2 unspecified atom stereocenters. The second kappa shape index (κ2) is 18.4. The van der Waals surface area contributed by atoms with Crippen molar-refractivity contribution < 1.29 is 32.6 Å². The fourth-order valence-electron chi connectivity index (χ4n) is 5.09. The summed E-state index contributed by atoms with van der Waals surface area (Å²) in [5.74, 6) is -2.22. The molecule has 0 aliphatic heterocycles. The zero-order chi connectivity index (χ0) is 33.7. The summed E-state index contributed by atoms with van der Waals surface area (Å²) < 4.78 is 40.1. The summed E-state index contributed by atoms with van der Waals surface area (Å²) in [5.41, 5.74) is 1.15. The van der Waals surface area contributed by atoms with Gasteiger partial charge in [-0.1, -0.05) is 44.2 Å². The standard InChI is InChI=1S/C31H39ClF2N4O5.C2H6/c1-6-8-23-26(7-2)36-37-29(23)30(40)35-27-15-25(34)21(13-24(27)32)14-28(39)38(16-18(3)33)19(4)17-43-22-11-9-20(10-12-22)31(41)42-5;1-2/h6-8,13,15,18-20,22H,2,9-12,14,16-17H2,1,3-5H3,(H,35,40)(H,36,37);1-2H3/b8-6-;. The normalized spacial score (nSPS) is 17.5. The van der Waals surface area contributed by atoms with Gasteiger partial charge in [-0.15, -0.1) is 0 Å². The fraction of sp³-hybridized carbons (Fsp3) is 0.515. The molecule has 2 N–H and O–H groups in total. The number of alkyl halides is 1. The van der Waals surface area contributed by atoms with Gasteiger partial charge in [0, 0.05) is 5.56 Å². The molecule has 0 spiro atoms. The minimum atomic E-state index is -1.32. The van der Waals surface area contributed by atoms with Crippen LogP contribution in [0.15, 0.2) is 24.8 Å². The molecular weight excluding hydrogens is 606 g/mol. The molecule has 1 aromatic heterocycles. The maximum absolute atomic E-state index is 15.2. The summed E-state index contributed by atoms with van der Waals surface area (Å²) >= 11 is 6.38. The highest BCUT2D eigenvalue weighted by Gasteiger charge is 2.29. The van der Waals surface area contributed by atoms with E-state index in [-0.39, 0.29) is 59.5 Å². The van der Waals surface area contributed by atoms with Crippen molar-refractivity contribution in [1.82, 2.24) is 15.1 Å². The third kappa shape index (κ3) is 10.5.